The minimum Gasteiger partial charge on any atom is -0.468 e. The van der Waals surface area contributed by atoms with Crippen LogP contribution in [-0.4, -0.2) is 36.4 Å². The number of carbonyl (C=O) groups is 3. The predicted octanol–water partition coefficient (Wildman–Crippen LogP) is 2.36. The van der Waals surface area contributed by atoms with Gasteiger partial charge in [-0.05, 0) is 53.1 Å². The first-order valence-corrected chi connectivity index (χ1v) is 9.51. The standard InChI is InChI=1S/C23H22N4O4/c1-31-21(28)14-26-22(29)16-4-2-15(3-5-16)20-12-17(6-7-18(20)13-24)23(30)27-19-8-10-25-11-9-19/h2-12H,13-14,24H2,1H3,(H,26,29)(H,25,27,30). The van der Waals surface area contributed by atoms with Crippen LogP contribution in [0.15, 0.2) is 67.0 Å². The molecule has 0 bridgehead atoms. The molecule has 0 spiro atoms. The first kappa shape index (κ1) is 21.7. The van der Waals surface area contributed by atoms with Crippen molar-refractivity contribution in [1.82, 2.24) is 10.3 Å². The van der Waals surface area contributed by atoms with Crippen molar-refractivity contribution in [2.45, 2.75) is 6.54 Å². The van der Waals surface area contributed by atoms with Gasteiger partial charge in [-0.15, -0.1) is 0 Å². The molecule has 31 heavy (non-hydrogen) atoms. The molecule has 8 nitrogen and oxygen atoms in total. The number of hydrogen-bond donors (Lipinski definition) is 3. The van der Waals surface area contributed by atoms with Crippen molar-refractivity contribution in [3.8, 4) is 11.1 Å². The molecular formula is C23H22N4O4. The third kappa shape index (κ3) is 5.52. The van der Waals surface area contributed by atoms with E-state index in [9.17, 15) is 14.4 Å². The van der Waals surface area contributed by atoms with Gasteiger partial charge in [0.2, 0.25) is 0 Å². The first-order valence-electron chi connectivity index (χ1n) is 9.51. The lowest BCUT2D eigenvalue weighted by atomic mass is 9.96. The lowest BCUT2D eigenvalue weighted by molar-refractivity contribution is -0.139. The fraction of sp³-hybridized carbons (Fsp3) is 0.130. The number of ether oxygens (including phenoxy) is 1. The van der Waals surface area contributed by atoms with E-state index in [1.165, 1.54) is 7.11 Å². The third-order valence-electron chi connectivity index (χ3n) is 4.61. The van der Waals surface area contributed by atoms with Crippen LogP contribution in [0.1, 0.15) is 26.3 Å². The van der Waals surface area contributed by atoms with Gasteiger partial charge in [-0.3, -0.25) is 19.4 Å². The van der Waals surface area contributed by atoms with E-state index >= 15 is 0 Å². The van der Waals surface area contributed by atoms with Crippen LogP contribution < -0.4 is 16.4 Å². The predicted molar refractivity (Wildman–Crippen MR) is 116 cm³/mol. The van der Waals surface area contributed by atoms with E-state index in [0.717, 1.165) is 16.7 Å². The number of esters is 1. The maximum Gasteiger partial charge on any atom is 0.325 e. The number of methoxy groups -OCH3 is 1. The number of amides is 2. The molecule has 0 aliphatic carbocycles. The van der Waals surface area contributed by atoms with Crippen LogP contribution in [0, 0.1) is 0 Å². The monoisotopic (exact) mass is 418 g/mol. The molecule has 0 unspecified atom stereocenters. The summed E-state index contributed by atoms with van der Waals surface area (Å²) in [5, 5.41) is 5.31. The van der Waals surface area contributed by atoms with Gasteiger partial charge in [0.15, 0.2) is 0 Å². The summed E-state index contributed by atoms with van der Waals surface area (Å²) in [6.45, 7) is 0.0893. The van der Waals surface area contributed by atoms with Gasteiger partial charge >= 0.3 is 5.97 Å². The summed E-state index contributed by atoms with van der Waals surface area (Å²) in [6.07, 6.45) is 3.20. The van der Waals surface area contributed by atoms with Crippen LogP contribution in [0.4, 0.5) is 5.69 Å². The molecule has 158 valence electrons. The molecule has 3 rings (SSSR count). The van der Waals surface area contributed by atoms with Crippen LogP contribution in [0.3, 0.4) is 0 Å². The molecule has 3 aromatic rings. The SMILES string of the molecule is COC(=O)CNC(=O)c1ccc(-c2cc(C(=O)Nc3ccncc3)ccc2CN)cc1. The average molecular weight is 418 g/mol. The molecule has 0 aliphatic heterocycles. The van der Waals surface area contributed by atoms with Gasteiger partial charge in [0, 0.05) is 35.8 Å². The van der Waals surface area contributed by atoms with Crippen molar-refractivity contribution in [2.75, 3.05) is 19.0 Å². The Labute approximate surface area is 179 Å². The highest BCUT2D eigenvalue weighted by Crippen LogP contribution is 2.26. The Balaban J connectivity index is 1.81. The summed E-state index contributed by atoms with van der Waals surface area (Å²) in [6, 6.07) is 15.5. The Morgan fingerprint density at radius 2 is 1.61 bits per heavy atom. The number of hydrogen-bond acceptors (Lipinski definition) is 6. The maximum atomic E-state index is 12.6. The molecule has 0 saturated heterocycles. The van der Waals surface area contributed by atoms with E-state index < -0.39 is 5.97 Å². The number of aromatic nitrogens is 1. The zero-order valence-electron chi connectivity index (χ0n) is 16.9. The van der Waals surface area contributed by atoms with Crippen molar-refractivity contribution in [1.29, 1.82) is 0 Å². The second-order valence-corrected chi connectivity index (χ2v) is 6.60. The third-order valence-corrected chi connectivity index (χ3v) is 4.61. The van der Waals surface area contributed by atoms with Crippen molar-refractivity contribution in [2.24, 2.45) is 5.73 Å². The van der Waals surface area contributed by atoms with Crippen molar-refractivity contribution in [3.05, 3.63) is 83.7 Å². The summed E-state index contributed by atoms with van der Waals surface area (Å²) < 4.78 is 4.51. The van der Waals surface area contributed by atoms with Crippen LogP contribution in [0.2, 0.25) is 0 Å². The molecule has 0 atom stereocenters. The Bertz CT molecular complexity index is 1080. The van der Waals surface area contributed by atoms with Crippen LogP contribution in [-0.2, 0) is 16.1 Å². The zero-order chi connectivity index (χ0) is 22.2. The van der Waals surface area contributed by atoms with Gasteiger partial charge in [-0.1, -0.05) is 18.2 Å². The summed E-state index contributed by atoms with van der Waals surface area (Å²) in [7, 11) is 1.25. The molecule has 4 N–H and O–H groups in total. The van der Waals surface area contributed by atoms with E-state index in [2.05, 4.69) is 20.4 Å². The van der Waals surface area contributed by atoms with E-state index in [4.69, 9.17) is 5.73 Å². The van der Waals surface area contributed by atoms with E-state index in [-0.39, 0.29) is 18.4 Å². The molecule has 0 radical (unpaired) electrons. The smallest absolute Gasteiger partial charge is 0.325 e. The van der Waals surface area contributed by atoms with Gasteiger partial charge in [0.1, 0.15) is 6.54 Å². The minimum atomic E-state index is -0.528. The summed E-state index contributed by atoms with van der Waals surface area (Å²) in [5.74, 6) is -1.17. The molecule has 2 aromatic carbocycles. The number of carbonyl (C=O) groups excluding carboxylic acids is 3. The van der Waals surface area contributed by atoms with E-state index in [0.29, 0.717) is 23.4 Å². The summed E-state index contributed by atoms with van der Waals surface area (Å²) in [4.78, 5) is 39.9. The number of benzene rings is 2. The van der Waals surface area contributed by atoms with Gasteiger partial charge in [0.25, 0.3) is 11.8 Å². The second-order valence-electron chi connectivity index (χ2n) is 6.60. The van der Waals surface area contributed by atoms with Gasteiger partial charge in [-0.25, -0.2) is 0 Å². The molecule has 0 fully saturated rings. The fourth-order valence-electron chi connectivity index (χ4n) is 2.93. The first-order chi connectivity index (χ1) is 15.0. The van der Waals surface area contributed by atoms with Gasteiger partial charge in [-0.2, -0.15) is 0 Å². The maximum absolute atomic E-state index is 12.6. The van der Waals surface area contributed by atoms with E-state index in [1.807, 2.05) is 6.07 Å². The van der Waals surface area contributed by atoms with Crippen LogP contribution in [0.25, 0.3) is 11.1 Å². The Hall–Kier alpha value is -4.04. The number of rotatable bonds is 7. The lowest BCUT2D eigenvalue weighted by Crippen LogP contribution is -2.30. The second kappa shape index (κ2) is 10.1. The number of anilines is 1. The summed E-state index contributed by atoms with van der Waals surface area (Å²) >= 11 is 0. The number of nitrogens with one attached hydrogen (secondary N) is 2. The quantitative estimate of drug-likeness (QED) is 0.506. The zero-order valence-corrected chi connectivity index (χ0v) is 16.9. The molecule has 1 aromatic heterocycles. The fourth-order valence-corrected chi connectivity index (χ4v) is 2.93. The Kier molecular flexibility index (Phi) is 7.08. The van der Waals surface area contributed by atoms with Crippen molar-refractivity contribution < 1.29 is 19.1 Å². The molecule has 0 saturated carbocycles. The highest BCUT2D eigenvalue weighted by molar-refractivity contribution is 6.05. The largest absolute Gasteiger partial charge is 0.468 e. The lowest BCUT2D eigenvalue weighted by Gasteiger charge is -2.12. The summed E-state index contributed by atoms with van der Waals surface area (Å²) in [5.41, 5.74) is 9.87. The number of nitrogens with zero attached hydrogens (tertiary/aromatic N) is 1. The molecule has 2 amide bonds. The highest BCUT2D eigenvalue weighted by atomic mass is 16.5. The normalized spacial score (nSPS) is 10.3. The highest BCUT2D eigenvalue weighted by Gasteiger charge is 2.13. The Morgan fingerprint density at radius 1 is 0.935 bits per heavy atom. The molecule has 1 heterocycles. The topological polar surface area (TPSA) is 123 Å². The minimum absolute atomic E-state index is 0.205. The average Bonchev–Trinajstić information content (AvgIpc) is 2.82. The van der Waals surface area contributed by atoms with Crippen LogP contribution >= 0.6 is 0 Å². The molecule has 0 aliphatic rings. The van der Waals surface area contributed by atoms with Crippen LogP contribution in [0.5, 0.6) is 0 Å². The van der Waals surface area contributed by atoms with E-state index in [1.54, 1.807) is 60.9 Å². The number of nitrogens with two attached hydrogens (primary N) is 1. The molecule has 8 heteroatoms. The molecular weight excluding hydrogens is 396 g/mol. The number of pyridine rings is 1. The van der Waals surface area contributed by atoms with Crippen molar-refractivity contribution >= 4 is 23.5 Å². The van der Waals surface area contributed by atoms with Gasteiger partial charge in [0.05, 0.1) is 7.11 Å². The van der Waals surface area contributed by atoms with Gasteiger partial charge < -0.3 is 21.1 Å². The van der Waals surface area contributed by atoms with Crippen molar-refractivity contribution in [3.63, 3.8) is 0 Å². The Morgan fingerprint density at radius 3 is 2.26 bits per heavy atom.